The molecule has 1 fully saturated rings. The van der Waals surface area contributed by atoms with E-state index in [2.05, 4.69) is 22.4 Å². The van der Waals surface area contributed by atoms with E-state index in [9.17, 15) is 13.2 Å². The van der Waals surface area contributed by atoms with Gasteiger partial charge in [0, 0.05) is 25.2 Å². The van der Waals surface area contributed by atoms with E-state index >= 15 is 0 Å². The van der Waals surface area contributed by atoms with Crippen molar-refractivity contribution in [3.05, 3.63) is 30.2 Å². The Hall–Kier alpha value is -2.26. The Morgan fingerprint density at radius 2 is 1.88 bits per heavy atom. The van der Waals surface area contributed by atoms with Gasteiger partial charge in [-0.05, 0) is 49.9 Å². The minimum Gasteiger partial charge on any atom is -0.412 e. The third-order valence-corrected chi connectivity index (χ3v) is 6.35. The van der Waals surface area contributed by atoms with Gasteiger partial charge in [0.1, 0.15) is 0 Å². The first-order valence-corrected chi connectivity index (χ1v) is 10.1. The van der Waals surface area contributed by atoms with Gasteiger partial charge in [-0.3, -0.25) is 4.79 Å². The van der Waals surface area contributed by atoms with E-state index in [1.165, 1.54) is 16.4 Å². The zero-order valence-corrected chi connectivity index (χ0v) is 15.6. The molecule has 1 saturated heterocycles. The molecule has 1 amide bonds. The molecule has 2 heterocycles. The molecular formula is C17H22N4O4S. The van der Waals surface area contributed by atoms with Crippen LogP contribution in [0.15, 0.2) is 33.6 Å². The number of nitrogens with zero attached hydrogens (tertiary/aromatic N) is 3. The smallest absolute Gasteiger partial charge is 0.308 e. The molecule has 1 aromatic heterocycles. The van der Waals surface area contributed by atoms with Crippen LogP contribution in [0.3, 0.4) is 0 Å². The van der Waals surface area contributed by atoms with E-state index in [0.29, 0.717) is 31.1 Å². The van der Waals surface area contributed by atoms with E-state index in [1.807, 2.05) is 0 Å². The number of sulfonamides is 1. The fourth-order valence-corrected chi connectivity index (χ4v) is 4.28. The van der Waals surface area contributed by atoms with Crippen LogP contribution in [-0.4, -0.2) is 48.5 Å². The maximum absolute atomic E-state index is 12.7. The molecule has 3 rings (SSSR count). The normalized spacial score (nSPS) is 16.5. The van der Waals surface area contributed by atoms with Crippen LogP contribution in [0, 0.1) is 5.92 Å². The van der Waals surface area contributed by atoms with Gasteiger partial charge in [-0.2, -0.15) is 4.31 Å². The Morgan fingerprint density at radius 3 is 2.50 bits per heavy atom. The molecule has 0 radical (unpaired) electrons. The van der Waals surface area contributed by atoms with Gasteiger partial charge < -0.3 is 9.73 Å². The highest BCUT2D eigenvalue weighted by molar-refractivity contribution is 7.89. The quantitative estimate of drug-likeness (QED) is 0.852. The lowest BCUT2D eigenvalue weighted by molar-refractivity contribution is 0.0922. The zero-order valence-electron chi connectivity index (χ0n) is 14.8. The standard InChI is InChI=1S/C17H22N4O4S/c1-3-18-15(22)17-20-19-16(25-17)13-4-6-14(7-5-13)26(23,24)21-10-8-12(2)9-11-21/h4-7,12H,3,8-11H2,1-2H3,(H,18,22). The van der Waals surface area contributed by atoms with Crippen molar-refractivity contribution < 1.29 is 17.6 Å². The van der Waals surface area contributed by atoms with Crippen LogP contribution in [0.25, 0.3) is 11.5 Å². The molecular weight excluding hydrogens is 356 g/mol. The molecule has 2 aromatic rings. The number of rotatable bonds is 5. The van der Waals surface area contributed by atoms with Crippen molar-refractivity contribution in [3.63, 3.8) is 0 Å². The fraction of sp³-hybridized carbons (Fsp3) is 0.471. The molecule has 0 aliphatic carbocycles. The SMILES string of the molecule is CCNC(=O)c1nnc(-c2ccc(S(=O)(=O)N3CCC(C)CC3)cc2)o1. The van der Waals surface area contributed by atoms with Crippen molar-refractivity contribution in [2.45, 2.75) is 31.6 Å². The minimum absolute atomic E-state index is 0.124. The van der Waals surface area contributed by atoms with Gasteiger partial charge in [-0.15, -0.1) is 10.2 Å². The summed E-state index contributed by atoms with van der Waals surface area (Å²) in [6.45, 7) is 5.48. The van der Waals surface area contributed by atoms with Crippen LogP contribution >= 0.6 is 0 Å². The number of nitrogens with one attached hydrogen (secondary N) is 1. The van der Waals surface area contributed by atoms with Crippen molar-refractivity contribution in [1.82, 2.24) is 19.8 Å². The number of benzene rings is 1. The van der Waals surface area contributed by atoms with Crippen molar-refractivity contribution in [3.8, 4) is 11.5 Å². The van der Waals surface area contributed by atoms with Crippen LogP contribution in [-0.2, 0) is 10.0 Å². The average molecular weight is 378 g/mol. The molecule has 0 spiro atoms. The topological polar surface area (TPSA) is 105 Å². The van der Waals surface area contributed by atoms with Crippen molar-refractivity contribution in [2.24, 2.45) is 5.92 Å². The van der Waals surface area contributed by atoms with Crippen molar-refractivity contribution in [1.29, 1.82) is 0 Å². The summed E-state index contributed by atoms with van der Waals surface area (Å²) in [4.78, 5) is 11.9. The fourth-order valence-electron chi connectivity index (χ4n) is 2.81. The molecule has 140 valence electrons. The lowest BCUT2D eigenvalue weighted by Crippen LogP contribution is -2.37. The molecule has 26 heavy (non-hydrogen) atoms. The summed E-state index contributed by atoms with van der Waals surface area (Å²) >= 11 is 0. The molecule has 1 aliphatic rings. The Labute approximate surface area is 152 Å². The Bertz CT molecular complexity index is 868. The number of aromatic nitrogens is 2. The van der Waals surface area contributed by atoms with E-state index in [0.717, 1.165) is 12.8 Å². The van der Waals surface area contributed by atoms with Crippen LogP contribution < -0.4 is 5.32 Å². The lowest BCUT2D eigenvalue weighted by Gasteiger charge is -2.29. The Morgan fingerprint density at radius 1 is 1.23 bits per heavy atom. The molecule has 0 atom stereocenters. The Balaban J connectivity index is 1.77. The second-order valence-corrected chi connectivity index (χ2v) is 8.32. The molecule has 0 unspecified atom stereocenters. The monoisotopic (exact) mass is 378 g/mol. The highest BCUT2D eigenvalue weighted by Crippen LogP contribution is 2.25. The van der Waals surface area contributed by atoms with Crippen LogP contribution in [0.5, 0.6) is 0 Å². The maximum Gasteiger partial charge on any atom is 0.308 e. The van der Waals surface area contributed by atoms with Gasteiger partial charge >= 0.3 is 11.8 Å². The average Bonchev–Trinajstić information content (AvgIpc) is 3.13. The number of amides is 1. The van der Waals surface area contributed by atoms with Gasteiger partial charge in [0.05, 0.1) is 4.90 Å². The first-order valence-electron chi connectivity index (χ1n) is 8.64. The summed E-state index contributed by atoms with van der Waals surface area (Å²) < 4.78 is 32.3. The van der Waals surface area contributed by atoms with Gasteiger partial charge in [-0.1, -0.05) is 6.92 Å². The Kier molecular flexibility index (Phi) is 5.38. The second-order valence-electron chi connectivity index (χ2n) is 6.38. The number of carbonyl (C=O) groups excluding carboxylic acids is 1. The number of hydrogen-bond acceptors (Lipinski definition) is 6. The highest BCUT2D eigenvalue weighted by Gasteiger charge is 2.28. The first-order chi connectivity index (χ1) is 12.4. The molecule has 1 N–H and O–H groups in total. The molecule has 0 saturated carbocycles. The van der Waals surface area contributed by atoms with Crippen molar-refractivity contribution in [2.75, 3.05) is 19.6 Å². The van der Waals surface area contributed by atoms with Gasteiger partial charge in [0.15, 0.2) is 0 Å². The highest BCUT2D eigenvalue weighted by atomic mass is 32.2. The molecule has 9 heteroatoms. The van der Waals surface area contributed by atoms with E-state index < -0.39 is 15.9 Å². The largest absolute Gasteiger partial charge is 0.412 e. The summed E-state index contributed by atoms with van der Waals surface area (Å²) in [5, 5.41) is 10.1. The third-order valence-electron chi connectivity index (χ3n) is 4.44. The lowest BCUT2D eigenvalue weighted by atomic mass is 10.0. The van der Waals surface area contributed by atoms with Crippen LogP contribution in [0.1, 0.15) is 37.4 Å². The zero-order chi connectivity index (χ0) is 18.7. The molecule has 1 aromatic carbocycles. The number of piperidine rings is 1. The summed E-state index contributed by atoms with van der Waals surface area (Å²) in [6, 6.07) is 6.26. The first kappa shape index (κ1) is 18.5. The predicted molar refractivity (Wildman–Crippen MR) is 94.9 cm³/mol. The van der Waals surface area contributed by atoms with E-state index in [-0.39, 0.29) is 16.7 Å². The summed E-state index contributed by atoms with van der Waals surface area (Å²) in [7, 11) is -3.50. The molecule has 1 aliphatic heterocycles. The van der Waals surface area contributed by atoms with Gasteiger partial charge in [0.2, 0.25) is 15.9 Å². The van der Waals surface area contributed by atoms with E-state index in [4.69, 9.17) is 4.42 Å². The maximum atomic E-state index is 12.7. The van der Waals surface area contributed by atoms with Crippen LogP contribution in [0.2, 0.25) is 0 Å². The van der Waals surface area contributed by atoms with Gasteiger partial charge in [0.25, 0.3) is 0 Å². The summed E-state index contributed by atoms with van der Waals surface area (Å²) in [5.41, 5.74) is 0.555. The predicted octanol–water partition coefficient (Wildman–Crippen LogP) is 1.91. The van der Waals surface area contributed by atoms with Crippen LogP contribution in [0.4, 0.5) is 0 Å². The number of hydrogen-bond donors (Lipinski definition) is 1. The van der Waals surface area contributed by atoms with Gasteiger partial charge in [-0.25, -0.2) is 8.42 Å². The molecule has 8 nitrogen and oxygen atoms in total. The van der Waals surface area contributed by atoms with E-state index in [1.54, 1.807) is 19.1 Å². The second kappa shape index (κ2) is 7.55. The number of carbonyl (C=O) groups is 1. The summed E-state index contributed by atoms with van der Waals surface area (Å²) in [5.74, 6) is 0.160. The third kappa shape index (κ3) is 3.78. The molecule has 0 bridgehead atoms. The minimum atomic E-state index is -3.50. The van der Waals surface area contributed by atoms with Crippen molar-refractivity contribution >= 4 is 15.9 Å². The summed E-state index contributed by atoms with van der Waals surface area (Å²) in [6.07, 6.45) is 1.75.